The van der Waals surface area contributed by atoms with Gasteiger partial charge in [0.2, 0.25) is 0 Å². The fourth-order valence-corrected chi connectivity index (χ4v) is 3.62. The second-order valence-corrected chi connectivity index (χ2v) is 7.71. The SMILES string of the molecule is CCc1ccc(NC(=O)c2ccccc2NC(=O)c2ccc(C3=NCCN3C)cc2)cc1. The minimum absolute atomic E-state index is 0.272. The van der Waals surface area contributed by atoms with E-state index in [1.165, 1.54) is 5.56 Å². The topological polar surface area (TPSA) is 73.8 Å². The van der Waals surface area contributed by atoms with Crippen LogP contribution in [0.2, 0.25) is 0 Å². The van der Waals surface area contributed by atoms with Gasteiger partial charge in [0, 0.05) is 30.4 Å². The normalized spacial score (nSPS) is 12.9. The molecule has 0 bridgehead atoms. The first kappa shape index (κ1) is 21.3. The zero-order valence-corrected chi connectivity index (χ0v) is 18.3. The molecule has 0 saturated heterocycles. The maximum Gasteiger partial charge on any atom is 0.257 e. The molecule has 0 fully saturated rings. The van der Waals surface area contributed by atoms with Gasteiger partial charge >= 0.3 is 0 Å². The van der Waals surface area contributed by atoms with Crippen LogP contribution < -0.4 is 10.6 Å². The number of nitrogens with one attached hydrogen (secondary N) is 2. The van der Waals surface area contributed by atoms with Gasteiger partial charge < -0.3 is 15.5 Å². The van der Waals surface area contributed by atoms with E-state index in [1.807, 2.05) is 43.4 Å². The number of benzene rings is 3. The Kier molecular flexibility index (Phi) is 6.31. The van der Waals surface area contributed by atoms with E-state index >= 15 is 0 Å². The van der Waals surface area contributed by atoms with Crippen LogP contribution in [0.1, 0.15) is 38.8 Å². The van der Waals surface area contributed by atoms with Gasteiger partial charge in [-0.3, -0.25) is 14.6 Å². The molecule has 32 heavy (non-hydrogen) atoms. The van der Waals surface area contributed by atoms with E-state index in [1.54, 1.807) is 36.4 Å². The number of likely N-dealkylation sites (N-methyl/N-ethyl adjacent to an activating group) is 1. The quantitative estimate of drug-likeness (QED) is 0.612. The third kappa shape index (κ3) is 4.70. The number of amidine groups is 1. The summed E-state index contributed by atoms with van der Waals surface area (Å²) in [5.41, 5.74) is 4.27. The number of amides is 2. The number of para-hydroxylation sites is 1. The molecule has 0 saturated carbocycles. The Balaban J connectivity index is 1.47. The number of nitrogens with zero attached hydrogens (tertiary/aromatic N) is 2. The van der Waals surface area contributed by atoms with Gasteiger partial charge in [-0.15, -0.1) is 0 Å². The Morgan fingerprint density at radius 2 is 1.62 bits per heavy atom. The molecule has 1 aliphatic heterocycles. The van der Waals surface area contributed by atoms with E-state index in [0.29, 0.717) is 22.5 Å². The molecule has 6 heteroatoms. The highest BCUT2D eigenvalue weighted by molar-refractivity contribution is 6.12. The van der Waals surface area contributed by atoms with Gasteiger partial charge in [-0.2, -0.15) is 0 Å². The maximum atomic E-state index is 12.8. The molecule has 0 spiro atoms. The number of carbonyl (C=O) groups is 2. The van der Waals surface area contributed by atoms with Gasteiger partial charge in [0.1, 0.15) is 5.84 Å². The fraction of sp³-hybridized carbons (Fsp3) is 0.192. The van der Waals surface area contributed by atoms with E-state index in [-0.39, 0.29) is 11.8 Å². The van der Waals surface area contributed by atoms with Gasteiger partial charge in [0.25, 0.3) is 11.8 Å². The third-order valence-electron chi connectivity index (χ3n) is 5.50. The summed E-state index contributed by atoms with van der Waals surface area (Å²) in [6.07, 6.45) is 0.939. The van der Waals surface area contributed by atoms with Crippen LogP contribution in [0.4, 0.5) is 11.4 Å². The average molecular weight is 427 g/mol. The van der Waals surface area contributed by atoms with Crippen LogP contribution in [0.15, 0.2) is 77.8 Å². The molecule has 2 N–H and O–H groups in total. The molecule has 0 aromatic heterocycles. The molecule has 3 aromatic rings. The summed E-state index contributed by atoms with van der Waals surface area (Å²) >= 11 is 0. The second kappa shape index (κ2) is 9.47. The summed E-state index contributed by atoms with van der Waals surface area (Å²) in [7, 11) is 2.01. The van der Waals surface area contributed by atoms with Gasteiger partial charge in [-0.1, -0.05) is 43.3 Å². The lowest BCUT2D eigenvalue weighted by Crippen LogP contribution is -2.23. The molecule has 162 valence electrons. The highest BCUT2D eigenvalue weighted by Gasteiger charge is 2.17. The van der Waals surface area contributed by atoms with Crippen molar-refractivity contribution in [2.24, 2.45) is 4.99 Å². The highest BCUT2D eigenvalue weighted by Crippen LogP contribution is 2.19. The van der Waals surface area contributed by atoms with Crippen molar-refractivity contribution in [1.82, 2.24) is 4.90 Å². The van der Waals surface area contributed by atoms with Crippen molar-refractivity contribution in [2.75, 3.05) is 30.8 Å². The van der Waals surface area contributed by atoms with Crippen molar-refractivity contribution in [3.05, 3.63) is 95.1 Å². The summed E-state index contributed by atoms with van der Waals surface area (Å²) in [5.74, 6) is 0.388. The molecular weight excluding hydrogens is 400 g/mol. The molecule has 0 atom stereocenters. The largest absolute Gasteiger partial charge is 0.358 e. The number of rotatable bonds is 6. The minimum Gasteiger partial charge on any atom is -0.358 e. The van der Waals surface area contributed by atoms with Crippen molar-refractivity contribution in [3.63, 3.8) is 0 Å². The molecular formula is C26H26N4O2. The van der Waals surface area contributed by atoms with E-state index in [4.69, 9.17) is 0 Å². The van der Waals surface area contributed by atoms with Crippen LogP contribution in [-0.4, -0.2) is 42.7 Å². The molecule has 0 aliphatic carbocycles. The Bertz CT molecular complexity index is 1150. The van der Waals surface area contributed by atoms with Gasteiger partial charge in [-0.25, -0.2) is 0 Å². The summed E-state index contributed by atoms with van der Waals surface area (Å²) in [4.78, 5) is 32.3. The number of anilines is 2. The standard InChI is InChI=1S/C26H26N4O2/c1-3-18-8-14-21(15-9-18)28-26(32)22-6-4-5-7-23(22)29-25(31)20-12-10-19(11-13-20)24-27-16-17-30(24)2/h4-15H,3,16-17H2,1-2H3,(H,28,32)(H,29,31). The Hall–Kier alpha value is -3.93. The molecule has 4 rings (SSSR count). The van der Waals surface area contributed by atoms with Crippen molar-refractivity contribution >= 4 is 29.0 Å². The fourth-order valence-electron chi connectivity index (χ4n) is 3.62. The zero-order chi connectivity index (χ0) is 22.5. The molecule has 1 aliphatic rings. The first-order valence-corrected chi connectivity index (χ1v) is 10.7. The second-order valence-electron chi connectivity index (χ2n) is 7.71. The highest BCUT2D eigenvalue weighted by atomic mass is 16.2. The smallest absolute Gasteiger partial charge is 0.257 e. The molecule has 0 radical (unpaired) electrons. The van der Waals surface area contributed by atoms with Gasteiger partial charge in [0.05, 0.1) is 17.8 Å². The van der Waals surface area contributed by atoms with Crippen molar-refractivity contribution in [3.8, 4) is 0 Å². The minimum atomic E-state index is -0.275. The van der Waals surface area contributed by atoms with Crippen LogP contribution in [0.5, 0.6) is 0 Å². The number of hydrogen-bond donors (Lipinski definition) is 2. The van der Waals surface area contributed by atoms with Crippen LogP contribution >= 0.6 is 0 Å². The average Bonchev–Trinajstić information content (AvgIpc) is 3.25. The Morgan fingerprint density at radius 3 is 2.28 bits per heavy atom. The van der Waals surface area contributed by atoms with Crippen molar-refractivity contribution < 1.29 is 9.59 Å². The maximum absolute atomic E-state index is 12.8. The van der Waals surface area contributed by atoms with E-state index in [9.17, 15) is 9.59 Å². The summed E-state index contributed by atoms with van der Waals surface area (Å²) in [6.45, 7) is 3.77. The molecule has 0 unspecified atom stereocenters. The lowest BCUT2D eigenvalue weighted by atomic mass is 10.1. The van der Waals surface area contributed by atoms with E-state index in [0.717, 1.165) is 30.9 Å². The molecule has 3 aromatic carbocycles. The van der Waals surface area contributed by atoms with Crippen LogP contribution in [0.25, 0.3) is 0 Å². The number of aliphatic imine (C=N–C) groups is 1. The van der Waals surface area contributed by atoms with Crippen molar-refractivity contribution in [1.29, 1.82) is 0 Å². The summed E-state index contributed by atoms with van der Waals surface area (Å²) in [5, 5.41) is 5.77. The van der Waals surface area contributed by atoms with Crippen molar-refractivity contribution in [2.45, 2.75) is 13.3 Å². The molecule has 1 heterocycles. The number of carbonyl (C=O) groups excluding carboxylic acids is 2. The van der Waals surface area contributed by atoms with E-state index < -0.39 is 0 Å². The molecule has 6 nitrogen and oxygen atoms in total. The molecule has 2 amide bonds. The lowest BCUT2D eigenvalue weighted by Gasteiger charge is -2.14. The van der Waals surface area contributed by atoms with Gasteiger partial charge in [0.15, 0.2) is 0 Å². The zero-order valence-electron chi connectivity index (χ0n) is 18.3. The van der Waals surface area contributed by atoms with Gasteiger partial charge in [-0.05, 0) is 48.4 Å². The third-order valence-corrected chi connectivity index (χ3v) is 5.50. The number of aryl methyl sites for hydroxylation is 1. The van der Waals surface area contributed by atoms with E-state index in [2.05, 4.69) is 27.4 Å². The Morgan fingerprint density at radius 1 is 0.906 bits per heavy atom. The first-order valence-electron chi connectivity index (χ1n) is 10.7. The summed E-state index contributed by atoms with van der Waals surface area (Å²) in [6, 6.07) is 22.1. The monoisotopic (exact) mass is 426 g/mol. The van der Waals surface area contributed by atoms with Crippen LogP contribution in [-0.2, 0) is 6.42 Å². The number of hydrogen-bond acceptors (Lipinski definition) is 4. The first-order chi connectivity index (χ1) is 15.5. The predicted octanol–water partition coefficient (Wildman–Crippen LogP) is 4.45. The van der Waals surface area contributed by atoms with Crippen LogP contribution in [0.3, 0.4) is 0 Å². The van der Waals surface area contributed by atoms with Crippen LogP contribution in [0, 0.1) is 0 Å². The summed E-state index contributed by atoms with van der Waals surface area (Å²) < 4.78 is 0. The predicted molar refractivity (Wildman–Crippen MR) is 129 cm³/mol. The Labute approximate surface area is 188 Å². The lowest BCUT2D eigenvalue weighted by molar-refractivity contribution is 0.102.